The molecule has 0 aliphatic carbocycles. The van der Waals surface area contributed by atoms with Gasteiger partial charge in [0.25, 0.3) is 0 Å². The van der Waals surface area contributed by atoms with Crippen molar-refractivity contribution in [3.05, 3.63) is 0 Å². The topological polar surface area (TPSA) is 57.2 Å². The minimum Gasteiger partial charge on any atom is -0.467 e. The van der Waals surface area contributed by atoms with Gasteiger partial charge in [0.1, 0.15) is 6.79 Å². The lowest BCUT2D eigenvalue weighted by molar-refractivity contribution is -0.166. The summed E-state index contributed by atoms with van der Waals surface area (Å²) in [4.78, 5) is 13.6. The van der Waals surface area contributed by atoms with Crippen LogP contribution >= 0.6 is 0 Å². The molecule has 2 saturated heterocycles. The van der Waals surface area contributed by atoms with E-state index in [0.717, 1.165) is 26.1 Å². The molecule has 17 heavy (non-hydrogen) atoms. The van der Waals surface area contributed by atoms with E-state index in [0.29, 0.717) is 19.9 Å². The van der Waals surface area contributed by atoms with Gasteiger partial charge < -0.3 is 18.9 Å². The van der Waals surface area contributed by atoms with Gasteiger partial charge in [0.15, 0.2) is 6.10 Å². The molecule has 0 saturated carbocycles. The SMILES string of the molecule is COC(=O)C1CN(CC2CCOCO2)CCO1. The van der Waals surface area contributed by atoms with Gasteiger partial charge in [0.05, 0.1) is 26.4 Å². The maximum absolute atomic E-state index is 11.4. The van der Waals surface area contributed by atoms with Crippen molar-refractivity contribution in [2.45, 2.75) is 18.6 Å². The third-order valence-electron chi connectivity index (χ3n) is 3.05. The second-order valence-corrected chi connectivity index (χ2v) is 4.25. The van der Waals surface area contributed by atoms with E-state index in [1.165, 1.54) is 7.11 Å². The summed E-state index contributed by atoms with van der Waals surface area (Å²) in [6, 6.07) is 0. The van der Waals surface area contributed by atoms with Crippen LogP contribution in [0.15, 0.2) is 0 Å². The Morgan fingerprint density at radius 2 is 2.29 bits per heavy atom. The maximum Gasteiger partial charge on any atom is 0.336 e. The van der Waals surface area contributed by atoms with Gasteiger partial charge in [-0.15, -0.1) is 0 Å². The van der Waals surface area contributed by atoms with Crippen molar-refractivity contribution in [3.8, 4) is 0 Å². The number of methoxy groups -OCH3 is 1. The molecule has 98 valence electrons. The van der Waals surface area contributed by atoms with Crippen LogP contribution in [0.5, 0.6) is 0 Å². The number of hydrogen-bond donors (Lipinski definition) is 0. The summed E-state index contributed by atoms with van der Waals surface area (Å²) < 4.78 is 20.7. The molecular formula is C11H19NO5. The van der Waals surface area contributed by atoms with Crippen molar-refractivity contribution in [3.63, 3.8) is 0 Å². The largest absolute Gasteiger partial charge is 0.467 e. The minimum atomic E-state index is -0.464. The van der Waals surface area contributed by atoms with Crippen molar-refractivity contribution >= 4 is 5.97 Å². The summed E-state index contributed by atoms with van der Waals surface area (Å²) in [6.07, 6.45) is 0.633. The molecule has 2 aliphatic heterocycles. The highest BCUT2D eigenvalue weighted by atomic mass is 16.7. The lowest BCUT2D eigenvalue weighted by Crippen LogP contribution is -2.49. The predicted octanol–water partition coefficient (Wildman–Crippen LogP) is -0.377. The van der Waals surface area contributed by atoms with E-state index in [1.807, 2.05) is 0 Å². The molecule has 0 spiro atoms. The Kier molecular flexibility index (Phi) is 4.73. The van der Waals surface area contributed by atoms with Crippen LogP contribution in [0.2, 0.25) is 0 Å². The maximum atomic E-state index is 11.4. The molecule has 0 aromatic carbocycles. The van der Waals surface area contributed by atoms with Gasteiger partial charge in [-0.05, 0) is 6.42 Å². The van der Waals surface area contributed by atoms with Crippen molar-refractivity contribution in [2.24, 2.45) is 0 Å². The molecule has 6 nitrogen and oxygen atoms in total. The van der Waals surface area contributed by atoms with Crippen molar-refractivity contribution in [1.82, 2.24) is 4.90 Å². The van der Waals surface area contributed by atoms with Crippen LogP contribution < -0.4 is 0 Å². The van der Waals surface area contributed by atoms with Crippen molar-refractivity contribution in [2.75, 3.05) is 46.8 Å². The van der Waals surface area contributed by atoms with Gasteiger partial charge in [-0.1, -0.05) is 0 Å². The highest BCUT2D eigenvalue weighted by Gasteiger charge is 2.29. The fraction of sp³-hybridized carbons (Fsp3) is 0.909. The summed E-state index contributed by atoms with van der Waals surface area (Å²) in [6.45, 7) is 3.90. The molecule has 6 heteroatoms. The number of hydrogen-bond acceptors (Lipinski definition) is 6. The molecule has 2 rings (SSSR count). The van der Waals surface area contributed by atoms with E-state index in [4.69, 9.17) is 14.2 Å². The quantitative estimate of drug-likeness (QED) is 0.632. The summed E-state index contributed by atoms with van der Waals surface area (Å²) in [5.41, 5.74) is 0. The first kappa shape index (κ1) is 12.8. The first-order chi connectivity index (χ1) is 8.29. The average molecular weight is 245 g/mol. The lowest BCUT2D eigenvalue weighted by atomic mass is 10.2. The second kappa shape index (κ2) is 6.30. The van der Waals surface area contributed by atoms with Crippen LogP contribution in [0.25, 0.3) is 0 Å². The van der Waals surface area contributed by atoms with Gasteiger partial charge in [-0.25, -0.2) is 4.79 Å². The van der Waals surface area contributed by atoms with Crippen LogP contribution in [-0.4, -0.2) is 69.8 Å². The van der Waals surface area contributed by atoms with E-state index in [9.17, 15) is 4.79 Å². The first-order valence-electron chi connectivity index (χ1n) is 5.90. The number of carbonyl (C=O) groups is 1. The summed E-state index contributed by atoms with van der Waals surface area (Å²) in [5.74, 6) is -0.303. The number of esters is 1. The average Bonchev–Trinajstić information content (AvgIpc) is 2.39. The van der Waals surface area contributed by atoms with E-state index in [2.05, 4.69) is 9.64 Å². The zero-order chi connectivity index (χ0) is 12.1. The number of rotatable bonds is 3. The lowest BCUT2D eigenvalue weighted by Gasteiger charge is -2.34. The molecule has 2 fully saturated rings. The van der Waals surface area contributed by atoms with Crippen LogP contribution in [0.3, 0.4) is 0 Å². The summed E-state index contributed by atoms with van der Waals surface area (Å²) >= 11 is 0. The third-order valence-corrected chi connectivity index (χ3v) is 3.05. The fourth-order valence-electron chi connectivity index (χ4n) is 2.08. The van der Waals surface area contributed by atoms with E-state index < -0.39 is 6.10 Å². The Labute approximate surface area is 101 Å². The van der Waals surface area contributed by atoms with E-state index in [1.54, 1.807) is 0 Å². The van der Waals surface area contributed by atoms with Crippen LogP contribution in [-0.2, 0) is 23.7 Å². The summed E-state index contributed by atoms with van der Waals surface area (Å²) in [5, 5.41) is 0. The van der Waals surface area contributed by atoms with Gasteiger partial charge in [-0.2, -0.15) is 0 Å². The smallest absolute Gasteiger partial charge is 0.336 e. The number of morpholine rings is 1. The fourth-order valence-corrected chi connectivity index (χ4v) is 2.08. The van der Waals surface area contributed by atoms with Crippen molar-refractivity contribution in [1.29, 1.82) is 0 Å². The van der Waals surface area contributed by atoms with Crippen LogP contribution in [0, 0.1) is 0 Å². The first-order valence-corrected chi connectivity index (χ1v) is 5.90. The number of carbonyl (C=O) groups excluding carboxylic acids is 1. The number of ether oxygens (including phenoxy) is 4. The molecule has 0 bridgehead atoms. The molecule has 0 amide bonds. The van der Waals surface area contributed by atoms with E-state index >= 15 is 0 Å². The van der Waals surface area contributed by atoms with Crippen LogP contribution in [0.1, 0.15) is 6.42 Å². The van der Waals surface area contributed by atoms with Crippen molar-refractivity contribution < 1.29 is 23.7 Å². The Morgan fingerprint density at radius 3 is 3.00 bits per heavy atom. The third kappa shape index (κ3) is 3.64. The molecule has 2 heterocycles. The minimum absolute atomic E-state index is 0.195. The predicted molar refractivity (Wildman–Crippen MR) is 58.5 cm³/mol. The molecule has 0 N–H and O–H groups in total. The van der Waals surface area contributed by atoms with Crippen LogP contribution in [0.4, 0.5) is 0 Å². The summed E-state index contributed by atoms with van der Waals surface area (Å²) in [7, 11) is 1.38. The Morgan fingerprint density at radius 1 is 1.41 bits per heavy atom. The monoisotopic (exact) mass is 245 g/mol. The number of nitrogens with zero attached hydrogens (tertiary/aromatic N) is 1. The zero-order valence-electron chi connectivity index (χ0n) is 10.1. The molecule has 2 unspecified atom stereocenters. The highest BCUT2D eigenvalue weighted by molar-refractivity contribution is 5.74. The second-order valence-electron chi connectivity index (χ2n) is 4.25. The van der Waals surface area contributed by atoms with Gasteiger partial charge >= 0.3 is 5.97 Å². The Hall–Kier alpha value is -0.690. The standard InChI is InChI=1S/C11H19NO5/c1-14-11(13)10-7-12(3-5-16-10)6-9-2-4-15-8-17-9/h9-10H,2-8H2,1H3. The zero-order valence-corrected chi connectivity index (χ0v) is 10.1. The molecular weight excluding hydrogens is 226 g/mol. The normalized spacial score (nSPS) is 31.1. The molecule has 0 aromatic heterocycles. The Bertz CT molecular complexity index is 254. The molecule has 0 radical (unpaired) electrons. The molecule has 2 aliphatic rings. The van der Waals surface area contributed by atoms with E-state index in [-0.39, 0.29) is 12.1 Å². The Balaban J connectivity index is 1.78. The van der Waals surface area contributed by atoms with Gasteiger partial charge in [-0.3, -0.25) is 4.90 Å². The molecule has 2 atom stereocenters. The highest BCUT2D eigenvalue weighted by Crippen LogP contribution is 2.12. The van der Waals surface area contributed by atoms with Gasteiger partial charge in [0, 0.05) is 19.6 Å². The van der Waals surface area contributed by atoms with Gasteiger partial charge in [0.2, 0.25) is 0 Å². The molecule has 0 aromatic rings.